The van der Waals surface area contributed by atoms with Crippen molar-refractivity contribution in [3.63, 3.8) is 0 Å². The van der Waals surface area contributed by atoms with Gasteiger partial charge in [0.05, 0.1) is 25.0 Å². The van der Waals surface area contributed by atoms with Gasteiger partial charge in [0, 0.05) is 5.69 Å². The van der Waals surface area contributed by atoms with Crippen LogP contribution in [0.15, 0.2) is 72.3 Å². The highest BCUT2D eigenvalue weighted by Crippen LogP contribution is 2.30. The van der Waals surface area contributed by atoms with Gasteiger partial charge < -0.3 is 19.5 Å². The summed E-state index contributed by atoms with van der Waals surface area (Å²) in [5, 5.41) is 4.71. The number of benzene rings is 3. The average Bonchev–Trinajstić information content (AvgIpc) is 2.96. The number of esters is 1. The molecular formula is C29H24FN3O8. The monoisotopic (exact) mass is 561 g/mol. The van der Waals surface area contributed by atoms with Crippen LogP contribution in [0.4, 0.5) is 20.6 Å². The van der Waals surface area contributed by atoms with Crippen molar-refractivity contribution in [2.45, 2.75) is 6.92 Å². The molecule has 5 amide bonds. The molecule has 0 saturated carbocycles. The summed E-state index contributed by atoms with van der Waals surface area (Å²) in [5.74, 6) is -2.81. The smallest absolute Gasteiger partial charge is 0.337 e. The van der Waals surface area contributed by atoms with Gasteiger partial charge in [-0.25, -0.2) is 18.9 Å². The fourth-order valence-electron chi connectivity index (χ4n) is 3.80. The summed E-state index contributed by atoms with van der Waals surface area (Å²) in [4.78, 5) is 63.0. The van der Waals surface area contributed by atoms with Crippen LogP contribution >= 0.6 is 0 Å². The van der Waals surface area contributed by atoms with Gasteiger partial charge in [-0.3, -0.25) is 19.7 Å². The molecule has 4 rings (SSSR count). The Hall–Kier alpha value is -5.52. The Morgan fingerprint density at radius 1 is 0.951 bits per heavy atom. The van der Waals surface area contributed by atoms with Crippen molar-refractivity contribution in [3.8, 4) is 11.5 Å². The second-order valence-corrected chi connectivity index (χ2v) is 8.48. The molecule has 3 aromatic carbocycles. The van der Waals surface area contributed by atoms with Gasteiger partial charge in [0.1, 0.15) is 11.4 Å². The summed E-state index contributed by atoms with van der Waals surface area (Å²) in [6, 6.07) is 14.4. The van der Waals surface area contributed by atoms with Crippen molar-refractivity contribution < 1.29 is 42.6 Å². The maximum absolute atomic E-state index is 13.2. The van der Waals surface area contributed by atoms with Crippen LogP contribution in [0.25, 0.3) is 6.08 Å². The molecule has 0 spiro atoms. The lowest BCUT2D eigenvalue weighted by molar-refractivity contribution is -0.122. The molecule has 41 heavy (non-hydrogen) atoms. The van der Waals surface area contributed by atoms with Crippen molar-refractivity contribution in [2.75, 3.05) is 30.5 Å². The van der Waals surface area contributed by atoms with Crippen molar-refractivity contribution in [1.29, 1.82) is 0 Å². The van der Waals surface area contributed by atoms with E-state index in [0.29, 0.717) is 11.3 Å². The maximum atomic E-state index is 13.2. The molecule has 12 heteroatoms. The first-order valence-electron chi connectivity index (χ1n) is 12.2. The highest BCUT2D eigenvalue weighted by Gasteiger charge is 2.37. The number of hydrogen-bond acceptors (Lipinski definition) is 8. The van der Waals surface area contributed by atoms with Gasteiger partial charge in [-0.2, -0.15) is 0 Å². The number of anilines is 2. The second-order valence-electron chi connectivity index (χ2n) is 8.48. The van der Waals surface area contributed by atoms with E-state index in [4.69, 9.17) is 9.47 Å². The van der Waals surface area contributed by atoms with Crippen LogP contribution in [0, 0.1) is 5.82 Å². The minimum Gasteiger partial charge on any atom is -0.490 e. The SMILES string of the molecule is CCOc1cc(/C=C2/C(=O)NC(=O)N(c3ccc(C(=O)OC)cc3)C2=O)ccc1OCC(=O)Nc1ccc(F)cc1. The van der Waals surface area contributed by atoms with E-state index in [1.54, 1.807) is 6.92 Å². The van der Waals surface area contributed by atoms with Crippen LogP contribution < -0.4 is 25.0 Å². The minimum absolute atomic E-state index is 0.135. The molecule has 1 fully saturated rings. The fraction of sp³-hybridized carbons (Fsp3) is 0.138. The predicted molar refractivity (Wildman–Crippen MR) is 145 cm³/mol. The molecule has 0 atom stereocenters. The molecule has 1 heterocycles. The summed E-state index contributed by atoms with van der Waals surface area (Å²) in [7, 11) is 1.23. The molecule has 1 saturated heterocycles. The van der Waals surface area contributed by atoms with E-state index < -0.39 is 35.5 Å². The first-order valence-corrected chi connectivity index (χ1v) is 12.2. The number of imide groups is 2. The van der Waals surface area contributed by atoms with Crippen LogP contribution in [-0.4, -0.2) is 50.0 Å². The molecule has 0 aromatic heterocycles. The molecular weight excluding hydrogens is 537 g/mol. The van der Waals surface area contributed by atoms with E-state index >= 15 is 0 Å². The van der Waals surface area contributed by atoms with Gasteiger partial charge >= 0.3 is 12.0 Å². The Kier molecular flexibility index (Phi) is 8.72. The highest BCUT2D eigenvalue weighted by molar-refractivity contribution is 6.39. The number of barbiturate groups is 1. The van der Waals surface area contributed by atoms with Crippen LogP contribution in [0.2, 0.25) is 0 Å². The van der Waals surface area contributed by atoms with Crippen LogP contribution in [0.5, 0.6) is 11.5 Å². The van der Waals surface area contributed by atoms with Crippen molar-refractivity contribution in [3.05, 3.63) is 89.2 Å². The zero-order chi connectivity index (χ0) is 29.5. The fourth-order valence-corrected chi connectivity index (χ4v) is 3.80. The maximum Gasteiger partial charge on any atom is 0.337 e. The number of urea groups is 1. The van der Waals surface area contributed by atoms with E-state index in [1.165, 1.54) is 79.9 Å². The third-order valence-electron chi connectivity index (χ3n) is 5.71. The Morgan fingerprint density at radius 2 is 1.66 bits per heavy atom. The Balaban J connectivity index is 1.52. The molecule has 0 aliphatic carbocycles. The highest BCUT2D eigenvalue weighted by atomic mass is 19.1. The minimum atomic E-state index is -0.944. The summed E-state index contributed by atoms with van der Waals surface area (Å²) in [6.07, 6.45) is 1.29. The normalized spacial score (nSPS) is 14.0. The molecule has 210 valence electrons. The molecule has 2 N–H and O–H groups in total. The largest absolute Gasteiger partial charge is 0.490 e. The second kappa shape index (κ2) is 12.6. The Bertz CT molecular complexity index is 1530. The van der Waals surface area contributed by atoms with Gasteiger partial charge in [-0.15, -0.1) is 0 Å². The number of hydrogen-bond donors (Lipinski definition) is 2. The summed E-state index contributed by atoms with van der Waals surface area (Å²) >= 11 is 0. The molecule has 0 unspecified atom stereocenters. The number of methoxy groups -OCH3 is 1. The lowest BCUT2D eigenvalue weighted by Gasteiger charge is -2.26. The number of ether oxygens (including phenoxy) is 3. The number of carbonyl (C=O) groups excluding carboxylic acids is 5. The lowest BCUT2D eigenvalue weighted by Crippen LogP contribution is -2.54. The number of carbonyl (C=O) groups is 5. The van der Waals surface area contributed by atoms with Gasteiger partial charge in [0.15, 0.2) is 18.1 Å². The number of amides is 5. The molecule has 1 aliphatic heterocycles. The van der Waals surface area contributed by atoms with Crippen LogP contribution in [-0.2, 0) is 19.1 Å². The zero-order valence-electron chi connectivity index (χ0n) is 21.9. The third kappa shape index (κ3) is 6.74. The van der Waals surface area contributed by atoms with Gasteiger partial charge in [-0.05, 0) is 79.2 Å². The van der Waals surface area contributed by atoms with Gasteiger partial charge in [0.2, 0.25) is 0 Å². The molecule has 0 bridgehead atoms. The van der Waals surface area contributed by atoms with E-state index in [-0.39, 0.29) is 41.5 Å². The number of halogens is 1. The summed E-state index contributed by atoms with van der Waals surface area (Å²) < 4.78 is 28.9. The number of rotatable bonds is 9. The van der Waals surface area contributed by atoms with Crippen LogP contribution in [0.3, 0.4) is 0 Å². The molecule has 1 aliphatic rings. The van der Waals surface area contributed by atoms with E-state index in [9.17, 15) is 28.4 Å². The summed E-state index contributed by atoms with van der Waals surface area (Å²) in [6.45, 7) is 1.62. The standard InChI is InChI=1S/C29H24FN3O8/c1-3-40-24-15-17(4-13-23(24)41-16-25(34)31-20-9-7-19(30)8-10-20)14-22-26(35)32-29(38)33(27(22)36)21-11-5-18(6-12-21)28(37)39-2/h4-15H,3,16H2,1-2H3,(H,31,34)(H,32,35,38)/b22-14-. The van der Waals surface area contributed by atoms with Crippen LogP contribution in [0.1, 0.15) is 22.8 Å². The van der Waals surface area contributed by atoms with Gasteiger partial charge in [-0.1, -0.05) is 6.07 Å². The van der Waals surface area contributed by atoms with Gasteiger partial charge in [0.25, 0.3) is 17.7 Å². The molecule has 3 aromatic rings. The van der Waals surface area contributed by atoms with E-state index in [2.05, 4.69) is 15.4 Å². The van der Waals surface area contributed by atoms with Crippen molar-refractivity contribution >= 4 is 47.2 Å². The van der Waals surface area contributed by atoms with Crippen molar-refractivity contribution in [1.82, 2.24) is 5.32 Å². The van der Waals surface area contributed by atoms with Crippen molar-refractivity contribution in [2.24, 2.45) is 0 Å². The average molecular weight is 562 g/mol. The first kappa shape index (κ1) is 28.5. The quantitative estimate of drug-likeness (QED) is 0.229. The topological polar surface area (TPSA) is 140 Å². The predicted octanol–water partition coefficient (Wildman–Crippen LogP) is 3.69. The zero-order valence-corrected chi connectivity index (χ0v) is 21.9. The first-order chi connectivity index (χ1) is 19.7. The Labute approximate surface area is 233 Å². The molecule has 11 nitrogen and oxygen atoms in total. The van der Waals surface area contributed by atoms with E-state index in [0.717, 1.165) is 4.90 Å². The summed E-state index contributed by atoms with van der Waals surface area (Å²) in [5.41, 5.74) is 0.805. The molecule has 0 radical (unpaired) electrons. The van der Waals surface area contributed by atoms with E-state index in [1.807, 2.05) is 0 Å². The number of nitrogens with one attached hydrogen (secondary N) is 2. The Morgan fingerprint density at radius 3 is 2.32 bits per heavy atom. The number of nitrogens with zero attached hydrogens (tertiary/aromatic N) is 1. The third-order valence-corrected chi connectivity index (χ3v) is 5.71. The lowest BCUT2D eigenvalue weighted by atomic mass is 10.1.